The number of allylic oxidation sites excluding steroid dienone is 8. The van der Waals surface area contributed by atoms with Gasteiger partial charge in [-0.2, -0.15) is 0 Å². The van der Waals surface area contributed by atoms with Crippen molar-refractivity contribution in [2.75, 3.05) is 25.1 Å². The molecule has 0 fully saturated rings. The molecule has 1 spiro atoms. The van der Waals surface area contributed by atoms with Gasteiger partial charge in [0.25, 0.3) is 0 Å². The molecule has 4 heterocycles. The third-order valence-electron chi connectivity index (χ3n) is 14.2. The predicted molar refractivity (Wildman–Crippen MR) is 258 cm³/mol. The Bertz CT molecular complexity index is 2860. The standard InChI is InChI=1S/C55H58N4O8/c1-34(60)18-22-59-49-15-7-10-38-32-58(33-47(38)49)50(39-25-51(64)54(65)52(26-39)66-3)29-43(63)28-44(67-35(2)61)16-20-55-19-5-4-11-41(55)12-8-14-48(55)46-31-56-30-40(46)24-45(36-9-6-13-42(62)23-36)37-17-21-57-53(59)27-37/h4-11,13-15,17,19,23,25-27,30-33,41,44-45,48,50,56-57,62,64-65H,12,16,18,20-22,24,28-29H2,1-3H3. The molecule has 0 saturated heterocycles. The van der Waals surface area contributed by atoms with E-state index in [1.54, 1.807) is 19.1 Å². The number of hydrogen-bond donors (Lipinski definition) is 5. The molecule has 346 valence electrons. The monoisotopic (exact) mass is 902 g/mol. The lowest BCUT2D eigenvalue weighted by Crippen LogP contribution is -2.38. The molecule has 0 amide bonds. The molecule has 2 aliphatic heterocycles. The molecule has 12 nitrogen and oxygen atoms in total. The minimum absolute atomic E-state index is 0.0265. The van der Waals surface area contributed by atoms with Crippen LogP contribution in [0.5, 0.6) is 23.0 Å². The largest absolute Gasteiger partial charge is 0.508 e. The van der Waals surface area contributed by atoms with Crippen LogP contribution in [-0.2, 0) is 25.5 Å². The van der Waals surface area contributed by atoms with Gasteiger partial charge < -0.3 is 44.6 Å². The average molecular weight is 903 g/mol. The number of carbonyl (C=O) groups is 3. The molecule has 67 heavy (non-hydrogen) atoms. The zero-order valence-electron chi connectivity index (χ0n) is 38.2. The van der Waals surface area contributed by atoms with Crippen LogP contribution >= 0.6 is 0 Å². The number of nitrogens with zero attached hydrogens (tertiary/aromatic N) is 2. The number of ketones is 2. The van der Waals surface area contributed by atoms with Gasteiger partial charge in [-0.3, -0.25) is 14.4 Å². The molecule has 2 aliphatic carbocycles. The Balaban J connectivity index is 1.24. The van der Waals surface area contributed by atoms with Gasteiger partial charge in [-0.15, -0.1) is 0 Å². The molecular formula is C55H58N4O8. The van der Waals surface area contributed by atoms with Crippen molar-refractivity contribution < 1.29 is 39.2 Å². The summed E-state index contributed by atoms with van der Waals surface area (Å²) in [5.74, 6) is -0.369. The maximum atomic E-state index is 14.6. The Morgan fingerprint density at radius 1 is 0.940 bits per heavy atom. The molecule has 4 aliphatic rings. The van der Waals surface area contributed by atoms with E-state index in [9.17, 15) is 29.7 Å². The number of H-pyrrole nitrogens is 1. The number of nitrogens with one attached hydrogen (secondary N) is 2. The summed E-state index contributed by atoms with van der Waals surface area (Å²) in [4.78, 5) is 45.8. The van der Waals surface area contributed by atoms with Crippen LogP contribution in [0.25, 0.3) is 10.8 Å². The van der Waals surface area contributed by atoms with Gasteiger partial charge in [0.05, 0.1) is 18.8 Å². The maximum absolute atomic E-state index is 14.6. The summed E-state index contributed by atoms with van der Waals surface area (Å²) in [6.07, 6.45) is 27.9. The van der Waals surface area contributed by atoms with E-state index in [2.05, 4.69) is 82.3 Å². The normalized spacial score (nSPS) is 24.1. The molecule has 0 saturated carbocycles. The fourth-order valence-corrected chi connectivity index (χ4v) is 10.9. The summed E-state index contributed by atoms with van der Waals surface area (Å²) in [5.41, 5.74) is 5.30. The lowest BCUT2D eigenvalue weighted by Gasteiger charge is -2.47. The molecule has 12 heteroatoms. The fourth-order valence-electron chi connectivity index (χ4n) is 10.9. The Kier molecular flexibility index (Phi) is 12.7. The number of anilines is 1. The summed E-state index contributed by atoms with van der Waals surface area (Å²) < 4.78 is 13.4. The molecule has 2 aromatic heterocycles. The number of dihydropyridines is 1. The van der Waals surface area contributed by atoms with E-state index in [4.69, 9.17) is 9.47 Å². The van der Waals surface area contributed by atoms with Gasteiger partial charge >= 0.3 is 5.97 Å². The van der Waals surface area contributed by atoms with Gasteiger partial charge in [-0.25, -0.2) is 0 Å². The van der Waals surface area contributed by atoms with Crippen molar-refractivity contribution in [2.45, 2.75) is 82.8 Å². The van der Waals surface area contributed by atoms with E-state index < -0.39 is 29.3 Å². The lowest BCUT2D eigenvalue weighted by molar-refractivity contribution is -0.148. The van der Waals surface area contributed by atoms with E-state index in [0.717, 1.165) is 51.0 Å². The SMILES string of the molecule is COc1cc(C2CC(=O)CC(OC(C)=O)CCC34C=CC=CC3CC=CC4c3c[nH]cc3CC(c3cccc(O)c3)C3=CCNC(=C3)N(CCC(C)=O)c3cccc4cn2cc34)cc(O)c1O. The highest BCUT2D eigenvalue weighted by molar-refractivity contribution is 5.95. The molecule has 9 rings (SSSR count). The smallest absolute Gasteiger partial charge is 0.302 e. The van der Waals surface area contributed by atoms with Crippen molar-refractivity contribution in [3.63, 3.8) is 0 Å². The topological polar surface area (TPSA) is 166 Å². The van der Waals surface area contributed by atoms with Crippen LogP contribution in [-0.4, -0.2) is 68.7 Å². The number of aromatic hydroxyl groups is 3. The summed E-state index contributed by atoms with van der Waals surface area (Å²) in [5, 5.41) is 37.9. The van der Waals surface area contributed by atoms with Crippen molar-refractivity contribution in [3.05, 3.63) is 162 Å². The number of aromatic amines is 1. The number of rotatable bonds is 7. The lowest BCUT2D eigenvalue weighted by atomic mass is 9.57. The molecule has 6 unspecified atom stereocenters. The van der Waals surface area contributed by atoms with Gasteiger partial charge in [0, 0.05) is 92.1 Å². The van der Waals surface area contributed by atoms with Gasteiger partial charge in [-0.1, -0.05) is 66.8 Å². The molecule has 6 atom stereocenters. The van der Waals surface area contributed by atoms with Gasteiger partial charge in [-0.05, 0) is 103 Å². The first-order valence-electron chi connectivity index (χ1n) is 23.2. The van der Waals surface area contributed by atoms with Gasteiger partial charge in [0.2, 0.25) is 5.75 Å². The highest BCUT2D eigenvalue weighted by atomic mass is 16.5. The number of ether oxygens (including phenoxy) is 2. The van der Waals surface area contributed by atoms with Crippen LogP contribution in [0.1, 0.15) is 92.5 Å². The highest BCUT2D eigenvalue weighted by Crippen LogP contribution is 2.55. The Morgan fingerprint density at radius 2 is 1.79 bits per heavy atom. The molecule has 3 aromatic carbocycles. The van der Waals surface area contributed by atoms with Crippen LogP contribution in [0.2, 0.25) is 0 Å². The summed E-state index contributed by atoms with van der Waals surface area (Å²) in [6, 6.07) is 15.9. The number of fused-ring (bicyclic) bond motifs is 4. The number of benzene rings is 3. The molecule has 4 bridgehead atoms. The quantitative estimate of drug-likeness (QED) is 0.0603. The second-order valence-corrected chi connectivity index (χ2v) is 18.4. The van der Waals surface area contributed by atoms with Crippen LogP contribution in [0, 0.1) is 11.3 Å². The van der Waals surface area contributed by atoms with E-state index in [1.165, 1.54) is 20.1 Å². The van der Waals surface area contributed by atoms with Crippen molar-refractivity contribution in [3.8, 4) is 23.0 Å². The van der Waals surface area contributed by atoms with Crippen LogP contribution < -0.4 is 15.0 Å². The number of Topliss-reactive ketones (excluding diaryl/α,β-unsaturated/α-hetero) is 2. The van der Waals surface area contributed by atoms with Crippen LogP contribution in [0.3, 0.4) is 0 Å². The van der Waals surface area contributed by atoms with Crippen molar-refractivity contribution in [1.29, 1.82) is 0 Å². The van der Waals surface area contributed by atoms with Crippen molar-refractivity contribution in [2.24, 2.45) is 11.3 Å². The second-order valence-electron chi connectivity index (χ2n) is 18.4. The summed E-state index contributed by atoms with van der Waals surface area (Å²) >= 11 is 0. The number of esters is 1. The Hall–Kier alpha value is -7.21. The van der Waals surface area contributed by atoms with E-state index in [0.29, 0.717) is 37.9 Å². The first kappa shape index (κ1) is 45.0. The number of methoxy groups -OCH3 is 1. The second kappa shape index (κ2) is 18.9. The van der Waals surface area contributed by atoms with Crippen LogP contribution in [0.15, 0.2) is 139 Å². The highest BCUT2D eigenvalue weighted by Gasteiger charge is 2.46. The summed E-state index contributed by atoms with van der Waals surface area (Å²) in [6.45, 7) is 3.88. The number of hydrogen-bond acceptors (Lipinski definition) is 10. The van der Waals surface area contributed by atoms with E-state index in [-0.39, 0.29) is 65.8 Å². The van der Waals surface area contributed by atoms with E-state index in [1.807, 2.05) is 47.3 Å². The zero-order valence-corrected chi connectivity index (χ0v) is 38.2. The minimum atomic E-state index is -0.708. The molecule has 5 N–H and O–H groups in total. The predicted octanol–water partition coefficient (Wildman–Crippen LogP) is 9.71. The third-order valence-corrected chi connectivity index (χ3v) is 14.2. The maximum Gasteiger partial charge on any atom is 0.302 e. The van der Waals surface area contributed by atoms with Crippen molar-refractivity contribution >= 4 is 34.0 Å². The first-order valence-corrected chi connectivity index (χ1v) is 23.2. The van der Waals surface area contributed by atoms with Gasteiger partial charge in [0.1, 0.15) is 29.2 Å². The number of phenolic OH excluding ortho intramolecular Hbond substituents is 3. The zero-order chi connectivity index (χ0) is 46.8. The number of aromatic nitrogens is 2. The fraction of sp³-hybridized carbons (Fsp3) is 0.327. The average Bonchev–Trinajstić information content (AvgIpc) is 3.97. The molecule has 5 aromatic rings. The third kappa shape index (κ3) is 9.17. The van der Waals surface area contributed by atoms with Crippen molar-refractivity contribution in [1.82, 2.24) is 14.9 Å². The number of carbonyl (C=O) groups excluding carboxylic acids is 3. The van der Waals surface area contributed by atoms with Crippen LogP contribution in [0.4, 0.5) is 5.69 Å². The van der Waals surface area contributed by atoms with Gasteiger partial charge in [0.15, 0.2) is 11.5 Å². The Labute approximate surface area is 390 Å². The Morgan fingerprint density at radius 3 is 2.60 bits per heavy atom. The minimum Gasteiger partial charge on any atom is -0.508 e. The number of phenols is 3. The van der Waals surface area contributed by atoms with E-state index >= 15 is 0 Å². The molecule has 0 radical (unpaired) electrons. The summed E-state index contributed by atoms with van der Waals surface area (Å²) in [7, 11) is 1.40. The molecular weight excluding hydrogens is 845 g/mol. The first-order chi connectivity index (χ1) is 32.4.